The molecule has 0 saturated carbocycles. The summed E-state index contributed by atoms with van der Waals surface area (Å²) >= 11 is 0. The fraction of sp³-hybridized carbons (Fsp3) is 0.385. The average molecular weight is 250 g/mol. The van der Waals surface area contributed by atoms with Gasteiger partial charge in [-0.15, -0.1) is 0 Å². The summed E-state index contributed by atoms with van der Waals surface area (Å²) in [4.78, 5) is 22.9. The van der Waals surface area contributed by atoms with E-state index in [2.05, 4.69) is 5.32 Å². The van der Waals surface area contributed by atoms with E-state index in [-0.39, 0.29) is 11.5 Å². The fourth-order valence-corrected chi connectivity index (χ4v) is 1.35. The Bertz CT molecular complexity index is 476. The van der Waals surface area contributed by atoms with E-state index in [1.54, 1.807) is 32.9 Å². The molecule has 0 aliphatic heterocycles. The monoisotopic (exact) mass is 250 g/mol. The summed E-state index contributed by atoms with van der Waals surface area (Å²) in [5.74, 6) is -0.720. The predicted octanol–water partition coefficient (Wildman–Crippen LogP) is 2.18. The van der Waals surface area contributed by atoms with Gasteiger partial charge in [0, 0.05) is 18.3 Å². The third kappa shape index (κ3) is 4.08. The largest absolute Gasteiger partial charge is 0.456 e. The lowest BCUT2D eigenvalue weighted by Crippen LogP contribution is -2.24. The van der Waals surface area contributed by atoms with Crippen LogP contribution in [-0.4, -0.2) is 17.5 Å². The maximum atomic E-state index is 11.9. The van der Waals surface area contributed by atoms with Crippen molar-refractivity contribution in [3.05, 3.63) is 23.8 Å². The summed E-state index contributed by atoms with van der Waals surface area (Å²) < 4.78 is 5.23. The number of amides is 1. The van der Waals surface area contributed by atoms with E-state index in [0.29, 0.717) is 11.4 Å². The normalized spacial score (nSPS) is 10.9. The highest BCUT2D eigenvalue weighted by Crippen LogP contribution is 2.21. The van der Waals surface area contributed by atoms with Crippen molar-refractivity contribution in [1.82, 2.24) is 0 Å². The summed E-state index contributed by atoms with van der Waals surface area (Å²) in [5.41, 5.74) is 6.21. The molecule has 0 unspecified atom stereocenters. The molecule has 1 rings (SSSR count). The van der Waals surface area contributed by atoms with Crippen LogP contribution in [0.1, 0.15) is 38.1 Å². The summed E-state index contributed by atoms with van der Waals surface area (Å²) in [7, 11) is 0. The molecule has 0 aliphatic carbocycles. The number of benzene rings is 1. The second-order valence-corrected chi connectivity index (χ2v) is 4.99. The molecule has 0 heterocycles. The molecule has 3 N–H and O–H groups in total. The zero-order valence-electron chi connectivity index (χ0n) is 11.0. The van der Waals surface area contributed by atoms with Crippen LogP contribution < -0.4 is 11.1 Å². The second-order valence-electron chi connectivity index (χ2n) is 4.99. The number of hydrogen-bond acceptors (Lipinski definition) is 4. The number of rotatable bonds is 2. The minimum atomic E-state index is -0.590. The first-order chi connectivity index (χ1) is 8.19. The van der Waals surface area contributed by atoms with Crippen LogP contribution in [0.25, 0.3) is 0 Å². The van der Waals surface area contributed by atoms with Crippen molar-refractivity contribution in [1.29, 1.82) is 0 Å². The van der Waals surface area contributed by atoms with Gasteiger partial charge in [0.05, 0.1) is 5.56 Å². The first-order valence-electron chi connectivity index (χ1n) is 5.59. The Balaban J connectivity index is 3.00. The van der Waals surface area contributed by atoms with Gasteiger partial charge in [0.25, 0.3) is 0 Å². The first kappa shape index (κ1) is 14.0. The lowest BCUT2D eigenvalue weighted by molar-refractivity contribution is -0.114. The smallest absolute Gasteiger partial charge is 0.340 e. The first-order valence-corrected chi connectivity index (χ1v) is 5.59. The molecule has 0 atom stereocenters. The Kier molecular flexibility index (Phi) is 3.96. The molecule has 98 valence electrons. The van der Waals surface area contributed by atoms with Crippen LogP contribution in [0.15, 0.2) is 18.2 Å². The van der Waals surface area contributed by atoms with E-state index in [1.165, 1.54) is 13.0 Å². The number of hydrogen-bond donors (Lipinski definition) is 2. The summed E-state index contributed by atoms with van der Waals surface area (Å²) in [5, 5.41) is 2.59. The molecule has 5 heteroatoms. The van der Waals surface area contributed by atoms with Crippen LogP contribution in [0, 0.1) is 0 Å². The number of esters is 1. The van der Waals surface area contributed by atoms with Crippen molar-refractivity contribution >= 4 is 23.3 Å². The zero-order chi connectivity index (χ0) is 13.9. The molecule has 0 spiro atoms. The van der Waals surface area contributed by atoms with Gasteiger partial charge >= 0.3 is 5.97 Å². The minimum Gasteiger partial charge on any atom is -0.456 e. The highest BCUT2D eigenvalue weighted by Gasteiger charge is 2.20. The summed E-state index contributed by atoms with van der Waals surface area (Å²) in [6, 6.07) is 4.69. The van der Waals surface area contributed by atoms with Crippen LogP contribution in [0.3, 0.4) is 0 Å². The van der Waals surface area contributed by atoms with Crippen LogP contribution in [0.5, 0.6) is 0 Å². The average Bonchev–Trinajstić information content (AvgIpc) is 2.17. The van der Waals surface area contributed by atoms with Crippen molar-refractivity contribution in [3.8, 4) is 0 Å². The highest BCUT2D eigenvalue weighted by atomic mass is 16.6. The second kappa shape index (κ2) is 5.08. The molecular weight excluding hydrogens is 232 g/mol. The third-order valence-corrected chi connectivity index (χ3v) is 1.99. The van der Waals surface area contributed by atoms with Gasteiger partial charge in [-0.25, -0.2) is 4.79 Å². The number of nitrogens with two attached hydrogens (primary N) is 1. The van der Waals surface area contributed by atoms with Gasteiger partial charge in [-0.3, -0.25) is 4.79 Å². The molecule has 0 aliphatic rings. The molecule has 0 aromatic heterocycles. The Labute approximate surface area is 106 Å². The van der Waals surface area contributed by atoms with E-state index in [0.717, 1.165) is 0 Å². The van der Waals surface area contributed by atoms with E-state index >= 15 is 0 Å². The lowest BCUT2D eigenvalue weighted by Gasteiger charge is -2.20. The Hall–Kier alpha value is -2.04. The molecule has 0 radical (unpaired) electrons. The Morgan fingerprint density at radius 1 is 1.28 bits per heavy atom. The Morgan fingerprint density at radius 2 is 1.89 bits per heavy atom. The van der Waals surface area contributed by atoms with Crippen LogP contribution >= 0.6 is 0 Å². The van der Waals surface area contributed by atoms with Gasteiger partial charge in [0.1, 0.15) is 5.60 Å². The van der Waals surface area contributed by atoms with Gasteiger partial charge in [-0.2, -0.15) is 0 Å². The van der Waals surface area contributed by atoms with Crippen molar-refractivity contribution in [3.63, 3.8) is 0 Å². The van der Waals surface area contributed by atoms with E-state index < -0.39 is 11.6 Å². The number of nitrogen functional groups attached to an aromatic ring is 1. The summed E-state index contributed by atoms with van der Waals surface area (Å²) in [6.45, 7) is 6.72. The van der Waals surface area contributed by atoms with Crippen LogP contribution in [0.4, 0.5) is 11.4 Å². The number of nitrogens with one attached hydrogen (secondary N) is 1. The minimum absolute atomic E-state index is 0.213. The van der Waals surface area contributed by atoms with Gasteiger partial charge in [-0.1, -0.05) is 0 Å². The zero-order valence-corrected chi connectivity index (χ0v) is 11.0. The highest BCUT2D eigenvalue weighted by molar-refractivity contribution is 5.98. The molecule has 1 amide bonds. The molecule has 18 heavy (non-hydrogen) atoms. The number of anilines is 2. The molecule has 1 aromatic carbocycles. The topological polar surface area (TPSA) is 81.4 Å². The van der Waals surface area contributed by atoms with Crippen LogP contribution in [0.2, 0.25) is 0 Å². The fourth-order valence-electron chi connectivity index (χ4n) is 1.35. The lowest BCUT2D eigenvalue weighted by atomic mass is 10.1. The van der Waals surface area contributed by atoms with Gasteiger partial charge in [0.2, 0.25) is 5.91 Å². The number of carbonyl (C=O) groups is 2. The van der Waals surface area contributed by atoms with E-state index in [9.17, 15) is 9.59 Å². The van der Waals surface area contributed by atoms with Gasteiger partial charge in [-0.05, 0) is 39.0 Å². The van der Waals surface area contributed by atoms with Crippen molar-refractivity contribution in [2.45, 2.75) is 33.3 Å². The standard InChI is InChI=1S/C13H18N2O3/c1-8(16)15-9-5-6-11(14)10(7-9)12(17)18-13(2,3)4/h5-7H,14H2,1-4H3,(H,15,16). The van der Waals surface area contributed by atoms with Gasteiger partial charge < -0.3 is 15.8 Å². The van der Waals surface area contributed by atoms with Crippen molar-refractivity contribution < 1.29 is 14.3 Å². The molecular formula is C13H18N2O3. The van der Waals surface area contributed by atoms with Crippen molar-refractivity contribution in [2.24, 2.45) is 0 Å². The number of ether oxygens (including phenoxy) is 1. The third-order valence-electron chi connectivity index (χ3n) is 1.99. The molecule has 0 fully saturated rings. The van der Waals surface area contributed by atoms with E-state index in [4.69, 9.17) is 10.5 Å². The Morgan fingerprint density at radius 3 is 2.39 bits per heavy atom. The quantitative estimate of drug-likeness (QED) is 0.622. The molecule has 1 aromatic rings. The molecule has 0 bridgehead atoms. The summed E-state index contributed by atoms with van der Waals surface area (Å²) in [6.07, 6.45) is 0. The maximum Gasteiger partial charge on any atom is 0.340 e. The van der Waals surface area contributed by atoms with E-state index in [1.807, 2.05) is 0 Å². The molecule has 0 saturated heterocycles. The van der Waals surface area contributed by atoms with Crippen molar-refractivity contribution in [2.75, 3.05) is 11.1 Å². The maximum absolute atomic E-state index is 11.9. The predicted molar refractivity (Wildman–Crippen MR) is 70.3 cm³/mol. The van der Waals surface area contributed by atoms with Crippen LogP contribution in [-0.2, 0) is 9.53 Å². The molecule has 5 nitrogen and oxygen atoms in total. The SMILES string of the molecule is CC(=O)Nc1ccc(N)c(C(=O)OC(C)(C)C)c1. The van der Waals surface area contributed by atoms with Gasteiger partial charge in [0.15, 0.2) is 0 Å². The number of carbonyl (C=O) groups excluding carboxylic acids is 2.